The number of rotatable bonds is 3. The number of nitrogens with zero attached hydrogens (tertiary/aromatic N) is 2. The van der Waals surface area contributed by atoms with Crippen molar-refractivity contribution < 1.29 is 13.2 Å². The zero-order valence-electron chi connectivity index (χ0n) is 14.6. The molecule has 0 bridgehead atoms. The molecule has 1 amide bonds. The normalized spacial score (nSPS) is 17.3. The highest BCUT2D eigenvalue weighted by Gasteiger charge is 2.26. The van der Waals surface area contributed by atoms with E-state index in [1.165, 1.54) is 11.3 Å². The number of benzene rings is 1. The molecular formula is C18H18ClN3O3S2. The van der Waals surface area contributed by atoms with Crippen molar-refractivity contribution in [3.8, 4) is 5.69 Å². The zero-order chi connectivity index (χ0) is 19.2. The third-order valence-electron chi connectivity index (χ3n) is 4.71. The number of halogens is 1. The van der Waals surface area contributed by atoms with Crippen LogP contribution in [-0.2, 0) is 9.84 Å². The third kappa shape index (κ3) is 3.74. The first-order valence-corrected chi connectivity index (χ1v) is 11.6. The largest absolute Gasteiger partial charge is 0.349 e. The Hall–Kier alpha value is -1.90. The molecular weight excluding hydrogens is 406 g/mol. The molecule has 0 unspecified atom stereocenters. The second kappa shape index (κ2) is 6.92. The fourth-order valence-corrected chi connectivity index (χ4v) is 5.99. The van der Waals surface area contributed by atoms with Gasteiger partial charge in [-0.15, -0.1) is 11.3 Å². The number of carbonyl (C=O) groups is 1. The van der Waals surface area contributed by atoms with Gasteiger partial charge in [-0.25, -0.2) is 13.1 Å². The van der Waals surface area contributed by atoms with Gasteiger partial charge in [0.25, 0.3) is 5.91 Å². The molecule has 1 aliphatic heterocycles. The van der Waals surface area contributed by atoms with Crippen LogP contribution in [0.1, 0.15) is 28.2 Å². The first kappa shape index (κ1) is 18.5. The van der Waals surface area contributed by atoms with E-state index in [0.717, 1.165) is 21.6 Å². The summed E-state index contributed by atoms with van der Waals surface area (Å²) in [6.07, 6.45) is 0.933. The molecule has 1 aliphatic rings. The third-order valence-corrected chi connectivity index (χ3v) is 7.77. The lowest BCUT2D eigenvalue weighted by molar-refractivity contribution is 0.0938. The number of aryl methyl sites for hydroxylation is 1. The van der Waals surface area contributed by atoms with Gasteiger partial charge in [-0.2, -0.15) is 5.10 Å². The molecule has 0 saturated carbocycles. The zero-order valence-corrected chi connectivity index (χ0v) is 17.0. The van der Waals surface area contributed by atoms with Crippen molar-refractivity contribution in [1.82, 2.24) is 15.1 Å². The number of amides is 1. The molecule has 1 aromatic carbocycles. The molecule has 9 heteroatoms. The highest BCUT2D eigenvalue weighted by atomic mass is 35.5. The van der Waals surface area contributed by atoms with E-state index in [-0.39, 0.29) is 23.5 Å². The number of carbonyl (C=O) groups excluding carboxylic acids is 1. The second-order valence-corrected chi connectivity index (χ2v) is 10.5. The van der Waals surface area contributed by atoms with Gasteiger partial charge in [0.15, 0.2) is 0 Å². The first-order chi connectivity index (χ1) is 12.8. The van der Waals surface area contributed by atoms with Crippen LogP contribution >= 0.6 is 22.9 Å². The lowest BCUT2D eigenvalue weighted by atomic mass is 10.1. The van der Waals surface area contributed by atoms with E-state index in [1.54, 1.807) is 10.7 Å². The van der Waals surface area contributed by atoms with E-state index in [4.69, 9.17) is 11.6 Å². The van der Waals surface area contributed by atoms with Gasteiger partial charge in [0, 0.05) is 16.5 Å². The van der Waals surface area contributed by atoms with Crippen LogP contribution < -0.4 is 5.32 Å². The van der Waals surface area contributed by atoms with Gasteiger partial charge >= 0.3 is 0 Å². The molecule has 3 heterocycles. The molecule has 142 valence electrons. The SMILES string of the molecule is Cc1nn(-c2cccc(Cl)c2)c2sc(C(=O)NC3CCS(=O)(=O)CC3)cc12. The lowest BCUT2D eigenvalue weighted by Gasteiger charge is -2.22. The van der Waals surface area contributed by atoms with Gasteiger partial charge in [0.2, 0.25) is 0 Å². The molecule has 3 aromatic rings. The van der Waals surface area contributed by atoms with Crippen molar-refractivity contribution in [2.75, 3.05) is 11.5 Å². The topological polar surface area (TPSA) is 81.1 Å². The average molecular weight is 424 g/mol. The van der Waals surface area contributed by atoms with E-state index in [2.05, 4.69) is 10.4 Å². The molecule has 0 atom stereocenters. The van der Waals surface area contributed by atoms with E-state index < -0.39 is 9.84 Å². The van der Waals surface area contributed by atoms with Gasteiger partial charge in [-0.3, -0.25) is 4.79 Å². The number of hydrogen-bond donors (Lipinski definition) is 1. The number of aromatic nitrogens is 2. The fraction of sp³-hybridized carbons (Fsp3) is 0.333. The maximum absolute atomic E-state index is 12.7. The Labute approximate surface area is 166 Å². The van der Waals surface area contributed by atoms with Crippen molar-refractivity contribution in [2.24, 2.45) is 0 Å². The van der Waals surface area contributed by atoms with Crippen molar-refractivity contribution in [3.63, 3.8) is 0 Å². The molecule has 6 nitrogen and oxygen atoms in total. The van der Waals surface area contributed by atoms with Gasteiger partial charge in [-0.1, -0.05) is 17.7 Å². The monoisotopic (exact) mass is 423 g/mol. The summed E-state index contributed by atoms with van der Waals surface area (Å²) in [4.78, 5) is 14.1. The lowest BCUT2D eigenvalue weighted by Crippen LogP contribution is -2.40. The minimum Gasteiger partial charge on any atom is -0.349 e. The number of nitrogens with one attached hydrogen (secondary N) is 1. The van der Waals surface area contributed by atoms with Crippen LogP contribution in [0.2, 0.25) is 5.02 Å². The van der Waals surface area contributed by atoms with Crippen molar-refractivity contribution in [1.29, 1.82) is 0 Å². The van der Waals surface area contributed by atoms with Crippen LogP contribution in [0, 0.1) is 6.92 Å². The van der Waals surface area contributed by atoms with Crippen LogP contribution in [0.15, 0.2) is 30.3 Å². The summed E-state index contributed by atoms with van der Waals surface area (Å²) in [6.45, 7) is 1.91. The van der Waals surface area contributed by atoms with Crippen LogP contribution in [0.25, 0.3) is 15.9 Å². The average Bonchev–Trinajstić information content (AvgIpc) is 3.18. The number of fused-ring (bicyclic) bond motifs is 1. The van der Waals surface area contributed by atoms with Gasteiger partial charge in [0.05, 0.1) is 27.8 Å². The Morgan fingerprint density at radius 3 is 2.74 bits per heavy atom. The fourth-order valence-electron chi connectivity index (χ4n) is 3.23. The molecule has 1 fully saturated rings. The van der Waals surface area contributed by atoms with Gasteiger partial charge < -0.3 is 5.32 Å². The Balaban J connectivity index is 1.60. The predicted octanol–water partition coefficient (Wildman–Crippen LogP) is 3.36. The Morgan fingerprint density at radius 2 is 2.04 bits per heavy atom. The van der Waals surface area contributed by atoms with Crippen molar-refractivity contribution >= 4 is 48.9 Å². The van der Waals surface area contributed by atoms with E-state index in [9.17, 15) is 13.2 Å². The maximum Gasteiger partial charge on any atom is 0.261 e. The van der Waals surface area contributed by atoms with Gasteiger partial charge in [0.1, 0.15) is 14.7 Å². The first-order valence-electron chi connectivity index (χ1n) is 8.59. The highest BCUT2D eigenvalue weighted by molar-refractivity contribution is 7.91. The van der Waals surface area contributed by atoms with Crippen LogP contribution in [0.3, 0.4) is 0 Å². The minimum atomic E-state index is -2.94. The smallest absolute Gasteiger partial charge is 0.261 e. The molecule has 0 radical (unpaired) electrons. The summed E-state index contributed by atoms with van der Waals surface area (Å²) in [7, 11) is -2.94. The Morgan fingerprint density at radius 1 is 1.30 bits per heavy atom. The molecule has 0 aliphatic carbocycles. The summed E-state index contributed by atoms with van der Waals surface area (Å²) in [5.74, 6) is 0.0953. The summed E-state index contributed by atoms with van der Waals surface area (Å²) >= 11 is 7.46. The predicted molar refractivity (Wildman–Crippen MR) is 108 cm³/mol. The van der Waals surface area contributed by atoms with Crippen LogP contribution in [0.5, 0.6) is 0 Å². The van der Waals surface area contributed by atoms with E-state index >= 15 is 0 Å². The molecule has 4 rings (SSSR count). The van der Waals surface area contributed by atoms with Crippen molar-refractivity contribution in [3.05, 3.63) is 45.9 Å². The maximum atomic E-state index is 12.7. The Kier molecular flexibility index (Phi) is 4.73. The Bertz CT molecular complexity index is 1120. The van der Waals surface area contributed by atoms with Crippen molar-refractivity contribution in [2.45, 2.75) is 25.8 Å². The number of hydrogen-bond acceptors (Lipinski definition) is 5. The molecule has 27 heavy (non-hydrogen) atoms. The quantitative estimate of drug-likeness (QED) is 0.700. The molecule has 1 N–H and O–H groups in total. The van der Waals surface area contributed by atoms with E-state index in [0.29, 0.717) is 22.7 Å². The molecule has 0 spiro atoms. The summed E-state index contributed by atoms with van der Waals surface area (Å²) in [5.41, 5.74) is 1.68. The highest BCUT2D eigenvalue weighted by Crippen LogP contribution is 2.31. The summed E-state index contributed by atoms with van der Waals surface area (Å²) < 4.78 is 24.9. The summed E-state index contributed by atoms with van der Waals surface area (Å²) in [6, 6.07) is 9.15. The summed E-state index contributed by atoms with van der Waals surface area (Å²) in [5, 5.41) is 9.08. The molecule has 1 saturated heterocycles. The van der Waals surface area contributed by atoms with E-state index in [1.807, 2.05) is 31.2 Å². The molecule has 2 aromatic heterocycles. The number of sulfone groups is 1. The number of thiophene rings is 1. The van der Waals surface area contributed by atoms with Crippen LogP contribution in [0.4, 0.5) is 0 Å². The minimum absolute atomic E-state index is 0.100. The standard InChI is InChI=1S/C18H18ClN3O3S2/c1-11-15-10-16(17(23)20-13-5-7-27(24,25)8-6-13)26-18(15)22(21-11)14-4-2-3-12(19)9-14/h2-4,9-10,13H,5-8H2,1H3,(H,20,23). The van der Waals surface area contributed by atoms with Gasteiger partial charge in [-0.05, 0) is 44.0 Å². The second-order valence-electron chi connectivity index (χ2n) is 6.71. The van der Waals surface area contributed by atoms with Crippen LogP contribution in [-0.4, -0.2) is 41.7 Å².